The van der Waals surface area contributed by atoms with Gasteiger partial charge in [0.2, 0.25) is 5.91 Å². The number of benzene rings is 1. The second-order valence-corrected chi connectivity index (χ2v) is 7.20. The number of hydrogen-bond donors (Lipinski definition) is 1. The van der Waals surface area contributed by atoms with E-state index in [0.717, 1.165) is 9.75 Å². The second-order valence-electron chi connectivity index (χ2n) is 6.03. The maximum atomic E-state index is 13.9. The lowest BCUT2D eigenvalue weighted by molar-refractivity contribution is -0.132. The normalized spacial score (nSPS) is 11.1. The molecule has 1 aromatic carbocycles. The van der Waals surface area contributed by atoms with Gasteiger partial charge in [-0.1, -0.05) is 18.2 Å². The Morgan fingerprint density at radius 1 is 1.28 bits per heavy atom. The van der Waals surface area contributed by atoms with Crippen molar-refractivity contribution in [3.63, 3.8) is 0 Å². The minimum Gasteiger partial charge on any atom is -0.383 e. The van der Waals surface area contributed by atoms with Crippen LogP contribution >= 0.6 is 11.3 Å². The average Bonchev–Trinajstić information content (AvgIpc) is 3.05. The molecular formula is C19H25FN2O2S. The molecule has 0 radical (unpaired) electrons. The van der Waals surface area contributed by atoms with Crippen LogP contribution in [0.25, 0.3) is 10.4 Å². The lowest BCUT2D eigenvalue weighted by Crippen LogP contribution is -2.42. The van der Waals surface area contributed by atoms with Crippen LogP contribution in [0.1, 0.15) is 18.7 Å². The van der Waals surface area contributed by atoms with Gasteiger partial charge in [0.25, 0.3) is 0 Å². The molecule has 1 aromatic heterocycles. The van der Waals surface area contributed by atoms with Crippen molar-refractivity contribution in [2.24, 2.45) is 0 Å². The molecule has 0 spiro atoms. The highest BCUT2D eigenvalue weighted by Crippen LogP contribution is 2.30. The summed E-state index contributed by atoms with van der Waals surface area (Å²) in [6.45, 7) is 6.03. The fourth-order valence-electron chi connectivity index (χ4n) is 2.47. The van der Waals surface area contributed by atoms with Crippen LogP contribution in [-0.2, 0) is 16.1 Å². The van der Waals surface area contributed by atoms with Gasteiger partial charge in [-0.25, -0.2) is 4.39 Å². The predicted octanol–water partition coefficient (Wildman–Crippen LogP) is 3.53. The molecule has 0 saturated heterocycles. The molecule has 0 atom stereocenters. The van der Waals surface area contributed by atoms with Gasteiger partial charge in [-0.3, -0.25) is 4.79 Å². The third-order valence-electron chi connectivity index (χ3n) is 3.83. The Morgan fingerprint density at radius 3 is 2.72 bits per heavy atom. The van der Waals surface area contributed by atoms with Gasteiger partial charge in [-0.15, -0.1) is 11.3 Å². The summed E-state index contributed by atoms with van der Waals surface area (Å²) in [4.78, 5) is 16.2. The molecule has 0 unspecified atom stereocenters. The Kier molecular flexibility index (Phi) is 7.55. The van der Waals surface area contributed by atoms with Crippen molar-refractivity contribution in [2.45, 2.75) is 26.4 Å². The first-order valence-electron chi connectivity index (χ1n) is 8.35. The zero-order valence-electron chi connectivity index (χ0n) is 14.9. The van der Waals surface area contributed by atoms with Gasteiger partial charge in [0.1, 0.15) is 5.82 Å². The number of carbonyl (C=O) groups is 1. The Bertz CT molecular complexity index is 688. The van der Waals surface area contributed by atoms with Crippen molar-refractivity contribution in [2.75, 3.05) is 26.8 Å². The van der Waals surface area contributed by atoms with E-state index in [4.69, 9.17) is 4.74 Å². The SMILES string of the molecule is COCCNCC(=O)N(Cc1ccc(-c2ccccc2F)s1)C(C)C. The summed E-state index contributed by atoms with van der Waals surface area (Å²) in [6, 6.07) is 10.7. The predicted molar refractivity (Wildman–Crippen MR) is 100 cm³/mol. The molecule has 0 aliphatic rings. The number of nitrogens with one attached hydrogen (secondary N) is 1. The van der Waals surface area contributed by atoms with Crippen LogP contribution in [0.5, 0.6) is 0 Å². The van der Waals surface area contributed by atoms with Crippen LogP contribution in [0.4, 0.5) is 4.39 Å². The smallest absolute Gasteiger partial charge is 0.237 e. The molecule has 136 valence electrons. The molecule has 1 heterocycles. The van der Waals surface area contributed by atoms with Crippen LogP contribution in [0.2, 0.25) is 0 Å². The van der Waals surface area contributed by atoms with E-state index in [-0.39, 0.29) is 24.3 Å². The van der Waals surface area contributed by atoms with E-state index in [9.17, 15) is 9.18 Å². The lowest BCUT2D eigenvalue weighted by Gasteiger charge is -2.26. The molecule has 2 aromatic rings. The first-order chi connectivity index (χ1) is 12.0. The van der Waals surface area contributed by atoms with E-state index in [1.807, 2.05) is 36.9 Å². The molecule has 0 saturated carbocycles. The number of methoxy groups -OCH3 is 1. The number of hydrogen-bond acceptors (Lipinski definition) is 4. The molecule has 1 amide bonds. The van der Waals surface area contributed by atoms with E-state index < -0.39 is 0 Å². The molecule has 6 heteroatoms. The maximum absolute atomic E-state index is 13.9. The molecule has 0 aliphatic carbocycles. The van der Waals surface area contributed by atoms with Crippen molar-refractivity contribution >= 4 is 17.2 Å². The standard InChI is InChI=1S/C19H25FN2O2S/c1-14(2)22(19(23)12-21-10-11-24-3)13-15-8-9-18(25-15)16-6-4-5-7-17(16)20/h4-9,14,21H,10-13H2,1-3H3. The number of carbonyl (C=O) groups excluding carboxylic acids is 1. The van der Waals surface area contributed by atoms with Crippen molar-refractivity contribution in [1.29, 1.82) is 0 Å². The summed E-state index contributed by atoms with van der Waals surface area (Å²) in [5.74, 6) is -0.179. The summed E-state index contributed by atoms with van der Waals surface area (Å²) in [7, 11) is 1.63. The Labute approximate surface area is 152 Å². The second kappa shape index (κ2) is 9.65. The summed E-state index contributed by atoms with van der Waals surface area (Å²) in [6.07, 6.45) is 0. The highest BCUT2D eigenvalue weighted by molar-refractivity contribution is 7.15. The summed E-state index contributed by atoms with van der Waals surface area (Å²) in [5.41, 5.74) is 0.599. The van der Waals surface area contributed by atoms with Crippen molar-refractivity contribution in [3.05, 3.63) is 47.1 Å². The maximum Gasteiger partial charge on any atom is 0.237 e. The average molecular weight is 364 g/mol. The third-order valence-corrected chi connectivity index (χ3v) is 4.93. The van der Waals surface area contributed by atoms with E-state index in [2.05, 4.69) is 5.32 Å². The van der Waals surface area contributed by atoms with Crippen molar-refractivity contribution in [1.82, 2.24) is 10.2 Å². The molecular weight excluding hydrogens is 339 g/mol. The molecule has 0 aliphatic heterocycles. The highest BCUT2D eigenvalue weighted by atomic mass is 32.1. The van der Waals surface area contributed by atoms with E-state index in [1.165, 1.54) is 17.4 Å². The van der Waals surface area contributed by atoms with Crippen molar-refractivity contribution < 1.29 is 13.9 Å². The Hall–Kier alpha value is -1.76. The van der Waals surface area contributed by atoms with Gasteiger partial charge in [-0.05, 0) is 32.0 Å². The topological polar surface area (TPSA) is 41.6 Å². The van der Waals surface area contributed by atoms with E-state index in [0.29, 0.717) is 25.3 Å². The number of nitrogens with zero attached hydrogens (tertiary/aromatic N) is 1. The van der Waals surface area contributed by atoms with Crippen molar-refractivity contribution in [3.8, 4) is 10.4 Å². The number of halogens is 1. The minimum atomic E-state index is -0.227. The van der Waals surface area contributed by atoms with Gasteiger partial charge in [0.05, 0.1) is 19.7 Å². The van der Waals surface area contributed by atoms with Crippen LogP contribution in [0.15, 0.2) is 36.4 Å². The summed E-state index contributed by atoms with van der Waals surface area (Å²) < 4.78 is 18.9. The van der Waals surface area contributed by atoms with Gasteiger partial charge >= 0.3 is 0 Å². The Morgan fingerprint density at radius 2 is 2.04 bits per heavy atom. The number of amides is 1. The summed E-state index contributed by atoms with van der Waals surface area (Å²) >= 11 is 1.52. The number of ether oxygens (including phenoxy) is 1. The molecule has 0 fully saturated rings. The first kappa shape index (κ1) is 19.6. The van der Waals surface area contributed by atoms with E-state index in [1.54, 1.807) is 19.2 Å². The van der Waals surface area contributed by atoms with Crippen LogP contribution in [0, 0.1) is 5.82 Å². The monoisotopic (exact) mass is 364 g/mol. The number of thiophene rings is 1. The van der Waals surface area contributed by atoms with Gasteiger partial charge in [-0.2, -0.15) is 0 Å². The number of rotatable bonds is 9. The minimum absolute atomic E-state index is 0.0481. The van der Waals surface area contributed by atoms with Crippen LogP contribution < -0.4 is 5.32 Å². The zero-order valence-corrected chi connectivity index (χ0v) is 15.7. The van der Waals surface area contributed by atoms with Crippen LogP contribution in [-0.4, -0.2) is 43.7 Å². The fourth-order valence-corrected chi connectivity index (χ4v) is 3.50. The van der Waals surface area contributed by atoms with Crippen LogP contribution in [0.3, 0.4) is 0 Å². The first-order valence-corrected chi connectivity index (χ1v) is 9.17. The highest BCUT2D eigenvalue weighted by Gasteiger charge is 2.18. The molecule has 25 heavy (non-hydrogen) atoms. The quantitative estimate of drug-likeness (QED) is 0.692. The molecule has 4 nitrogen and oxygen atoms in total. The van der Waals surface area contributed by atoms with Gasteiger partial charge < -0.3 is 15.0 Å². The lowest BCUT2D eigenvalue weighted by atomic mass is 10.2. The fraction of sp³-hybridized carbons (Fsp3) is 0.421. The molecule has 1 N–H and O–H groups in total. The van der Waals surface area contributed by atoms with Gasteiger partial charge in [0.15, 0.2) is 0 Å². The van der Waals surface area contributed by atoms with Gasteiger partial charge in [0, 0.05) is 35.0 Å². The molecule has 0 bridgehead atoms. The Balaban J connectivity index is 2.03. The zero-order chi connectivity index (χ0) is 18.2. The summed E-state index contributed by atoms with van der Waals surface area (Å²) in [5, 5.41) is 3.08. The molecule has 2 rings (SSSR count). The largest absolute Gasteiger partial charge is 0.383 e. The van der Waals surface area contributed by atoms with E-state index >= 15 is 0 Å². The third kappa shape index (κ3) is 5.63.